The summed E-state index contributed by atoms with van der Waals surface area (Å²) in [4.78, 5) is 23.5. The molecule has 1 aliphatic rings. The summed E-state index contributed by atoms with van der Waals surface area (Å²) in [6.45, 7) is 3.21. The SMILES string of the molecule is COCCCNC(=O)Nc1cccc(-c2nccnc2N2CCCCC2)c1. The van der Waals surface area contributed by atoms with Crippen molar-refractivity contribution < 1.29 is 9.53 Å². The smallest absolute Gasteiger partial charge is 0.319 e. The predicted octanol–water partition coefficient (Wildman–Crippen LogP) is 3.29. The van der Waals surface area contributed by atoms with Gasteiger partial charge in [-0.15, -0.1) is 0 Å². The molecule has 1 fully saturated rings. The third-order valence-corrected chi connectivity index (χ3v) is 4.54. The standard InChI is InChI=1S/C20H27N5O2/c1-27-14-6-9-23-20(26)24-17-8-5-7-16(15-17)18-19(22-11-10-21-18)25-12-3-2-4-13-25/h5,7-8,10-11,15H,2-4,6,9,12-14H2,1H3,(H2,23,24,26). The molecule has 0 radical (unpaired) electrons. The maximum absolute atomic E-state index is 12.0. The first-order valence-electron chi connectivity index (χ1n) is 9.48. The van der Waals surface area contributed by atoms with E-state index in [4.69, 9.17) is 4.74 Å². The number of nitrogens with one attached hydrogen (secondary N) is 2. The van der Waals surface area contributed by atoms with Crippen LogP contribution in [0.2, 0.25) is 0 Å². The summed E-state index contributed by atoms with van der Waals surface area (Å²) in [7, 11) is 1.65. The van der Waals surface area contributed by atoms with Crippen molar-refractivity contribution in [1.82, 2.24) is 15.3 Å². The Hall–Kier alpha value is -2.67. The number of carbonyl (C=O) groups excluding carboxylic acids is 1. The van der Waals surface area contributed by atoms with Crippen molar-refractivity contribution in [2.24, 2.45) is 0 Å². The van der Waals surface area contributed by atoms with Crippen LogP contribution in [0.15, 0.2) is 36.7 Å². The van der Waals surface area contributed by atoms with Crippen molar-refractivity contribution >= 4 is 17.5 Å². The van der Waals surface area contributed by atoms with Crippen LogP contribution in [-0.4, -0.2) is 49.4 Å². The van der Waals surface area contributed by atoms with E-state index in [2.05, 4.69) is 25.5 Å². The first kappa shape index (κ1) is 19.1. The summed E-state index contributed by atoms with van der Waals surface area (Å²) in [6, 6.07) is 7.50. The van der Waals surface area contributed by atoms with Gasteiger partial charge in [0.2, 0.25) is 0 Å². The average molecular weight is 369 g/mol. The summed E-state index contributed by atoms with van der Waals surface area (Å²) in [5, 5.41) is 5.70. The number of hydrogen-bond donors (Lipinski definition) is 2. The van der Waals surface area contributed by atoms with Gasteiger partial charge in [0.25, 0.3) is 0 Å². The van der Waals surface area contributed by atoms with Crippen LogP contribution in [-0.2, 0) is 4.74 Å². The first-order valence-corrected chi connectivity index (χ1v) is 9.48. The number of ether oxygens (including phenoxy) is 1. The van der Waals surface area contributed by atoms with Gasteiger partial charge in [0.15, 0.2) is 5.82 Å². The average Bonchev–Trinajstić information content (AvgIpc) is 2.72. The molecule has 1 aromatic heterocycles. The van der Waals surface area contributed by atoms with E-state index in [1.165, 1.54) is 19.3 Å². The van der Waals surface area contributed by atoms with Gasteiger partial charge in [0.1, 0.15) is 5.69 Å². The van der Waals surface area contributed by atoms with Crippen molar-refractivity contribution in [3.63, 3.8) is 0 Å². The van der Waals surface area contributed by atoms with Gasteiger partial charge in [0.05, 0.1) is 0 Å². The number of hydrogen-bond acceptors (Lipinski definition) is 5. The van der Waals surface area contributed by atoms with Gasteiger partial charge in [-0.25, -0.2) is 9.78 Å². The molecule has 144 valence electrons. The maximum atomic E-state index is 12.0. The van der Waals surface area contributed by atoms with E-state index in [0.717, 1.165) is 42.3 Å². The Kier molecular flexibility index (Phi) is 6.98. The molecule has 0 bridgehead atoms. The Labute approximate surface area is 160 Å². The number of amides is 2. The summed E-state index contributed by atoms with van der Waals surface area (Å²) < 4.78 is 4.98. The van der Waals surface area contributed by atoms with Gasteiger partial charge < -0.3 is 20.3 Å². The Morgan fingerprint density at radius 2 is 2.00 bits per heavy atom. The highest BCUT2D eigenvalue weighted by Gasteiger charge is 2.17. The molecule has 0 unspecified atom stereocenters. The molecule has 2 N–H and O–H groups in total. The quantitative estimate of drug-likeness (QED) is 0.732. The number of benzene rings is 1. The zero-order chi connectivity index (χ0) is 18.9. The minimum Gasteiger partial charge on any atom is -0.385 e. The second-order valence-corrected chi connectivity index (χ2v) is 6.58. The van der Waals surface area contributed by atoms with Crippen LogP contribution < -0.4 is 15.5 Å². The molecule has 2 aromatic rings. The molecule has 1 aromatic carbocycles. The molecule has 1 saturated heterocycles. The highest BCUT2D eigenvalue weighted by atomic mass is 16.5. The lowest BCUT2D eigenvalue weighted by Gasteiger charge is -2.28. The zero-order valence-electron chi connectivity index (χ0n) is 15.8. The van der Waals surface area contributed by atoms with Crippen LogP contribution in [0.25, 0.3) is 11.3 Å². The van der Waals surface area contributed by atoms with Crippen LogP contribution in [0.5, 0.6) is 0 Å². The number of urea groups is 1. The molecule has 0 atom stereocenters. The number of aromatic nitrogens is 2. The van der Waals surface area contributed by atoms with Crippen LogP contribution in [0.1, 0.15) is 25.7 Å². The van der Waals surface area contributed by atoms with Crippen molar-refractivity contribution in [3.05, 3.63) is 36.7 Å². The van der Waals surface area contributed by atoms with Crippen LogP contribution in [0.3, 0.4) is 0 Å². The fourth-order valence-corrected chi connectivity index (χ4v) is 3.21. The summed E-state index contributed by atoms with van der Waals surface area (Å²) in [6.07, 6.45) is 7.86. The van der Waals surface area contributed by atoms with E-state index >= 15 is 0 Å². The monoisotopic (exact) mass is 369 g/mol. The lowest BCUT2D eigenvalue weighted by atomic mass is 10.1. The lowest BCUT2D eigenvalue weighted by Crippen LogP contribution is -2.31. The first-order chi connectivity index (χ1) is 13.3. The Balaban J connectivity index is 1.71. The van der Waals surface area contributed by atoms with Crippen molar-refractivity contribution in [3.8, 4) is 11.3 Å². The van der Waals surface area contributed by atoms with Gasteiger partial charge >= 0.3 is 6.03 Å². The number of carbonyl (C=O) groups is 1. The molecular weight excluding hydrogens is 342 g/mol. The molecule has 0 aliphatic carbocycles. The zero-order valence-corrected chi connectivity index (χ0v) is 15.8. The molecule has 3 rings (SSSR count). The number of nitrogens with zero attached hydrogens (tertiary/aromatic N) is 3. The second kappa shape index (κ2) is 9.87. The molecule has 2 heterocycles. The summed E-state index contributed by atoms with van der Waals surface area (Å²) in [5.74, 6) is 0.915. The van der Waals surface area contributed by atoms with Crippen molar-refractivity contribution in [2.45, 2.75) is 25.7 Å². The van der Waals surface area contributed by atoms with Gasteiger partial charge in [-0.3, -0.25) is 4.98 Å². The fraction of sp³-hybridized carbons (Fsp3) is 0.450. The molecular formula is C20H27N5O2. The fourth-order valence-electron chi connectivity index (χ4n) is 3.21. The number of rotatable bonds is 7. The number of anilines is 2. The minimum atomic E-state index is -0.223. The second-order valence-electron chi connectivity index (χ2n) is 6.58. The molecule has 27 heavy (non-hydrogen) atoms. The predicted molar refractivity (Wildman–Crippen MR) is 107 cm³/mol. The normalized spacial score (nSPS) is 14.0. The summed E-state index contributed by atoms with van der Waals surface area (Å²) in [5.41, 5.74) is 2.52. The van der Waals surface area contributed by atoms with E-state index in [9.17, 15) is 4.79 Å². The van der Waals surface area contributed by atoms with Gasteiger partial charge in [-0.05, 0) is 37.8 Å². The van der Waals surface area contributed by atoms with E-state index in [-0.39, 0.29) is 6.03 Å². The highest BCUT2D eigenvalue weighted by Crippen LogP contribution is 2.30. The van der Waals surface area contributed by atoms with Crippen molar-refractivity contribution in [1.29, 1.82) is 0 Å². The van der Waals surface area contributed by atoms with Crippen LogP contribution in [0, 0.1) is 0 Å². The van der Waals surface area contributed by atoms with E-state index < -0.39 is 0 Å². The van der Waals surface area contributed by atoms with E-state index in [1.807, 2.05) is 24.3 Å². The Bertz CT molecular complexity index is 747. The largest absolute Gasteiger partial charge is 0.385 e. The van der Waals surface area contributed by atoms with E-state index in [1.54, 1.807) is 19.5 Å². The molecule has 2 amide bonds. The van der Waals surface area contributed by atoms with Gasteiger partial charge in [-0.1, -0.05) is 12.1 Å². The molecule has 7 nitrogen and oxygen atoms in total. The van der Waals surface area contributed by atoms with Gasteiger partial charge in [0, 0.05) is 57.0 Å². The third-order valence-electron chi connectivity index (χ3n) is 4.54. The topological polar surface area (TPSA) is 79.4 Å². The highest BCUT2D eigenvalue weighted by molar-refractivity contribution is 5.90. The van der Waals surface area contributed by atoms with Crippen LogP contribution >= 0.6 is 0 Å². The number of methoxy groups -OCH3 is 1. The minimum absolute atomic E-state index is 0.223. The van der Waals surface area contributed by atoms with Gasteiger partial charge in [-0.2, -0.15) is 0 Å². The molecule has 0 spiro atoms. The van der Waals surface area contributed by atoms with Crippen LogP contribution in [0.4, 0.5) is 16.3 Å². The third kappa shape index (κ3) is 5.40. The van der Waals surface area contributed by atoms with E-state index in [0.29, 0.717) is 13.2 Å². The van der Waals surface area contributed by atoms with Crippen molar-refractivity contribution in [2.75, 3.05) is 43.6 Å². The molecule has 0 saturated carbocycles. The number of piperidine rings is 1. The maximum Gasteiger partial charge on any atom is 0.319 e. The lowest BCUT2D eigenvalue weighted by molar-refractivity contribution is 0.194. The molecule has 7 heteroatoms. The molecule has 1 aliphatic heterocycles. The Morgan fingerprint density at radius 3 is 2.81 bits per heavy atom. The summed E-state index contributed by atoms with van der Waals surface area (Å²) >= 11 is 0. The Morgan fingerprint density at radius 1 is 1.19 bits per heavy atom.